The maximum absolute atomic E-state index is 13.1. The van der Waals surface area contributed by atoms with E-state index in [0.29, 0.717) is 35.9 Å². The molecule has 2 heterocycles. The molecule has 3 N–H and O–H groups in total. The molecule has 1 atom stereocenters. The van der Waals surface area contributed by atoms with Crippen LogP contribution in [-0.4, -0.2) is 45.1 Å². The van der Waals surface area contributed by atoms with Crippen molar-refractivity contribution in [2.24, 2.45) is 5.92 Å². The summed E-state index contributed by atoms with van der Waals surface area (Å²) in [6, 6.07) is 13.8. The van der Waals surface area contributed by atoms with Gasteiger partial charge in [-0.3, -0.25) is 9.59 Å². The van der Waals surface area contributed by atoms with Crippen LogP contribution in [0.1, 0.15) is 64.4 Å². The fourth-order valence-electron chi connectivity index (χ4n) is 5.00. The van der Waals surface area contributed by atoms with Crippen molar-refractivity contribution in [2.45, 2.75) is 38.0 Å². The topological polar surface area (TPSA) is 79.5 Å². The third-order valence-electron chi connectivity index (χ3n) is 7.03. The monoisotopic (exact) mass is 435 g/mol. The number of fused-ring (bicyclic) bond motifs is 1. The number of rotatable bonds is 7. The summed E-state index contributed by atoms with van der Waals surface area (Å²) in [6.07, 6.45) is 4.09. The molecule has 1 saturated heterocycles. The molecule has 0 aliphatic carbocycles. The van der Waals surface area contributed by atoms with E-state index in [-0.39, 0.29) is 17.2 Å². The highest BCUT2D eigenvalue weighted by molar-refractivity contribution is 6.02. The first-order valence-electron chi connectivity index (χ1n) is 11.7. The third kappa shape index (κ3) is 4.24. The van der Waals surface area contributed by atoms with E-state index in [0.717, 1.165) is 49.9 Å². The highest BCUT2D eigenvalue weighted by Gasteiger charge is 2.43. The minimum atomic E-state index is -0.384. The molecule has 0 radical (unpaired) electrons. The van der Waals surface area contributed by atoms with Crippen molar-refractivity contribution in [3.63, 3.8) is 0 Å². The molecule has 2 aromatic rings. The molecule has 6 nitrogen and oxygen atoms in total. The average molecular weight is 436 g/mol. The van der Waals surface area contributed by atoms with Gasteiger partial charge in [0.25, 0.3) is 11.8 Å². The van der Waals surface area contributed by atoms with Gasteiger partial charge in [-0.2, -0.15) is 0 Å². The quantitative estimate of drug-likeness (QED) is 0.624. The second-order valence-electron chi connectivity index (χ2n) is 8.81. The second-order valence-corrected chi connectivity index (χ2v) is 8.81. The maximum Gasteiger partial charge on any atom is 0.254 e. The molecule has 170 valence electrons. The summed E-state index contributed by atoms with van der Waals surface area (Å²) in [5.41, 5.74) is 2.58. The van der Waals surface area contributed by atoms with Gasteiger partial charge in [0, 0.05) is 24.7 Å². The summed E-state index contributed by atoms with van der Waals surface area (Å²) in [4.78, 5) is 25.8. The molecule has 0 aromatic heterocycles. The highest BCUT2D eigenvalue weighted by atomic mass is 16.5. The van der Waals surface area contributed by atoms with Crippen molar-refractivity contribution < 1.29 is 14.3 Å². The number of amides is 2. The van der Waals surface area contributed by atoms with Gasteiger partial charge in [0.1, 0.15) is 12.4 Å². The minimum absolute atomic E-state index is 0.142. The summed E-state index contributed by atoms with van der Waals surface area (Å²) in [5.74, 6) is 0.848. The number of hydrogen-bond acceptors (Lipinski definition) is 4. The molecule has 1 unspecified atom stereocenters. The van der Waals surface area contributed by atoms with E-state index in [2.05, 4.69) is 35.0 Å². The Labute approximate surface area is 190 Å². The molecule has 2 aliphatic heterocycles. The molecule has 4 rings (SSSR count). The third-order valence-corrected chi connectivity index (χ3v) is 7.03. The number of ether oxygens (including phenoxy) is 1. The molecular formula is C26H33N3O3. The Morgan fingerprint density at radius 3 is 2.56 bits per heavy atom. The van der Waals surface area contributed by atoms with Crippen molar-refractivity contribution in [3.05, 3.63) is 64.7 Å². The largest absolute Gasteiger partial charge is 0.491 e. The minimum Gasteiger partial charge on any atom is -0.491 e. The molecule has 2 aliphatic rings. The lowest BCUT2D eigenvalue weighted by Gasteiger charge is -2.27. The van der Waals surface area contributed by atoms with Gasteiger partial charge >= 0.3 is 0 Å². The van der Waals surface area contributed by atoms with Gasteiger partial charge in [0.2, 0.25) is 0 Å². The van der Waals surface area contributed by atoms with Crippen LogP contribution in [0.5, 0.6) is 5.75 Å². The summed E-state index contributed by atoms with van der Waals surface area (Å²) < 4.78 is 6.11. The first-order chi connectivity index (χ1) is 15.6. The lowest BCUT2D eigenvalue weighted by atomic mass is 9.73. The van der Waals surface area contributed by atoms with E-state index in [1.807, 2.05) is 24.3 Å². The zero-order valence-electron chi connectivity index (χ0n) is 19.0. The summed E-state index contributed by atoms with van der Waals surface area (Å²) >= 11 is 0. The zero-order valence-corrected chi connectivity index (χ0v) is 19.0. The number of piperidine rings is 1. The van der Waals surface area contributed by atoms with Gasteiger partial charge in [-0.1, -0.05) is 37.3 Å². The second kappa shape index (κ2) is 9.74. The first-order valence-corrected chi connectivity index (χ1v) is 11.7. The maximum atomic E-state index is 13.1. The van der Waals surface area contributed by atoms with Crippen LogP contribution in [0.15, 0.2) is 42.5 Å². The SMILES string of the molecule is CCC1(c2ccccc2)COc2c(C(=O)NC)cc(C(=O)NCCC3CCNCC3)cc21. The average Bonchev–Trinajstić information content (AvgIpc) is 3.24. The molecule has 1 fully saturated rings. The van der Waals surface area contributed by atoms with E-state index >= 15 is 0 Å². The van der Waals surface area contributed by atoms with E-state index in [1.165, 1.54) is 0 Å². The molecule has 32 heavy (non-hydrogen) atoms. The predicted molar refractivity (Wildman–Crippen MR) is 125 cm³/mol. The van der Waals surface area contributed by atoms with Gasteiger partial charge in [0.15, 0.2) is 0 Å². The molecule has 2 aromatic carbocycles. The molecule has 6 heteroatoms. The Morgan fingerprint density at radius 1 is 1.12 bits per heavy atom. The lowest BCUT2D eigenvalue weighted by molar-refractivity contribution is 0.0950. The smallest absolute Gasteiger partial charge is 0.254 e. The standard InChI is InChI=1S/C26H33N3O3/c1-3-26(20-7-5-4-6-8-20)17-32-23-21(25(31)27-2)15-19(16-22(23)26)24(30)29-14-11-18-9-12-28-13-10-18/h4-8,15-16,18,28H,3,9-14,17H2,1-2H3,(H,27,31)(H,29,30). The Morgan fingerprint density at radius 2 is 1.88 bits per heavy atom. The van der Waals surface area contributed by atoms with Crippen molar-refractivity contribution in [1.82, 2.24) is 16.0 Å². The predicted octanol–water partition coefficient (Wildman–Crippen LogP) is 3.25. The number of carbonyl (C=O) groups is 2. The van der Waals surface area contributed by atoms with Crippen LogP contribution < -0.4 is 20.7 Å². The van der Waals surface area contributed by atoms with Crippen LogP contribution >= 0.6 is 0 Å². The van der Waals surface area contributed by atoms with Crippen LogP contribution in [0, 0.1) is 5.92 Å². The van der Waals surface area contributed by atoms with E-state index in [9.17, 15) is 9.59 Å². The Kier molecular flexibility index (Phi) is 6.80. The van der Waals surface area contributed by atoms with Gasteiger partial charge in [-0.05, 0) is 62.4 Å². The van der Waals surface area contributed by atoms with Gasteiger partial charge in [0.05, 0.1) is 11.0 Å². The van der Waals surface area contributed by atoms with Crippen LogP contribution in [0.2, 0.25) is 0 Å². The molecular weight excluding hydrogens is 402 g/mol. The summed E-state index contributed by atoms with van der Waals surface area (Å²) in [6.45, 7) is 5.32. The van der Waals surface area contributed by atoms with Crippen LogP contribution in [0.3, 0.4) is 0 Å². The van der Waals surface area contributed by atoms with Crippen LogP contribution in [0.4, 0.5) is 0 Å². The molecule has 2 amide bonds. The number of nitrogens with one attached hydrogen (secondary N) is 3. The molecule has 0 spiro atoms. The normalized spacial score (nSPS) is 20.3. The van der Waals surface area contributed by atoms with Crippen molar-refractivity contribution in [2.75, 3.05) is 33.3 Å². The highest BCUT2D eigenvalue weighted by Crippen LogP contribution is 2.47. The zero-order chi connectivity index (χ0) is 22.6. The van der Waals surface area contributed by atoms with Gasteiger partial charge < -0.3 is 20.7 Å². The van der Waals surface area contributed by atoms with Crippen LogP contribution in [0.25, 0.3) is 0 Å². The Hall–Kier alpha value is -2.86. The van der Waals surface area contributed by atoms with E-state index in [1.54, 1.807) is 13.1 Å². The van der Waals surface area contributed by atoms with E-state index < -0.39 is 0 Å². The summed E-state index contributed by atoms with van der Waals surface area (Å²) in [5, 5.41) is 9.14. The van der Waals surface area contributed by atoms with Gasteiger partial charge in [-0.25, -0.2) is 0 Å². The number of hydrogen-bond donors (Lipinski definition) is 3. The fraction of sp³-hybridized carbons (Fsp3) is 0.462. The first kappa shape index (κ1) is 22.3. The van der Waals surface area contributed by atoms with Gasteiger partial charge in [-0.15, -0.1) is 0 Å². The van der Waals surface area contributed by atoms with Crippen molar-refractivity contribution in [1.29, 1.82) is 0 Å². The lowest BCUT2D eigenvalue weighted by Crippen LogP contribution is -2.32. The number of carbonyl (C=O) groups excluding carboxylic acids is 2. The van der Waals surface area contributed by atoms with Crippen molar-refractivity contribution in [3.8, 4) is 5.75 Å². The number of benzene rings is 2. The fourth-order valence-corrected chi connectivity index (χ4v) is 5.00. The summed E-state index contributed by atoms with van der Waals surface area (Å²) in [7, 11) is 1.60. The Balaban J connectivity index is 1.64. The van der Waals surface area contributed by atoms with Crippen molar-refractivity contribution >= 4 is 11.8 Å². The van der Waals surface area contributed by atoms with E-state index in [4.69, 9.17) is 4.74 Å². The van der Waals surface area contributed by atoms with Crippen LogP contribution in [-0.2, 0) is 5.41 Å². The molecule has 0 bridgehead atoms. The molecule has 0 saturated carbocycles. The Bertz CT molecular complexity index is 970.